The van der Waals surface area contributed by atoms with Crippen LogP contribution in [0.15, 0.2) is 41.2 Å². The second kappa shape index (κ2) is 6.66. The molecule has 2 aromatic rings. The van der Waals surface area contributed by atoms with Gasteiger partial charge in [0.1, 0.15) is 0 Å². The van der Waals surface area contributed by atoms with Crippen LogP contribution in [0.4, 0.5) is 0 Å². The van der Waals surface area contributed by atoms with Crippen molar-refractivity contribution in [2.75, 3.05) is 0 Å². The number of benzene rings is 1. The first kappa shape index (κ1) is 15.9. The van der Waals surface area contributed by atoms with Gasteiger partial charge in [0.25, 0.3) is 11.5 Å². The summed E-state index contributed by atoms with van der Waals surface area (Å²) in [6.45, 7) is 0. The van der Waals surface area contributed by atoms with Gasteiger partial charge in [0, 0.05) is 18.9 Å². The highest BCUT2D eigenvalue weighted by molar-refractivity contribution is 6.05. The van der Waals surface area contributed by atoms with Gasteiger partial charge in [0.05, 0.1) is 5.39 Å². The van der Waals surface area contributed by atoms with Gasteiger partial charge in [-0.05, 0) is 24.8 Å². The minimum atomic E-state index is -0.558. The van der Waals surface area contributed by atoms with Crippen LogP contribution >= 0.6 is 0 Å². The van der Waals surface area contributed by atoms with Crippen molar-refractivity contribution < 1.29 is 9.59 Å². The Morgan fingerprint density at radius 3 is 2.71 bits per heavy atom. The molecule has 0 radical (unpaired) electrons. The minimum Gasteiger partial charge on any atom is -0.273 e. The predicted molar refractivity (Wildman–Crippen MR) is 89.1 cm³/mol. The first-order valence-corrected chi connectivity index (χ1v) is 7.78. The maximum atomic E-state index is 12.3. The van der Waals surface area contributed by atoms with Crippen LogP contribution in [-0.2, 0) is 11.8 Å². The molecule has 7 heteroatoms. The number of hydrogen-bond acceptors (Lipinski definition) is 4. The molecule has 0 saturated heterocycles. The summed E-state index contributed by atoms with van der Waals surface area (Å²) < 4.78 is 1.11. The normalized spacial score (nSPS) is 16.3. The van der Waals surface area contributed by atoms with Crippen molar-refractivity contribution in [3.8, 4) is 0 Å². The molecule has 1 atom stereocenters. The van der Waals surface area contributed by atoms with E-state index < -0.39 is 5.91 Å². The van der Waals surface area contributed by atoms with Crippen molar-refractivity contribution in [1.82, 2.24) is 20.6 Å². The summed E-state index contributed by atoms with van der Waals surface area (Å²) in [6.07, 6.45) is 6.34. The third kappa shape index (κ3) is 3.19. The number of hydrogen-bond donors (Lipinski definition) is 2. The highest BCUT2D eigenvalue weighted by Crippen LogP contribution is 2.19. The van der Waals surface area contributed by atoms with Crippen LogP contribution in [0.2, 0.25) is 0 Å². The Balaban J connectivity index is 1.74. The molecule has 1 aliphatic rings. The highest BCUT2D eigenvalue weighted by atomic mass is 16.2. The fourth-order valence-corrected chi connectivity index (χ4v) is 2.81. The molecule has 7 nitrogen and oxygen atoms in total. The molecular formula is C17H18N4O3. The molecule has 1 aliphatic carbocycles. The van der Waals surface area contributed by atoms with Crippen molar-refractivity contribution in [3.05, 3.63) is 52.5 Å². The van der Waals surface area contributed by atoms with Crippen LogP contribution in [0.1, 0.15) is 29.8 Å². The number of fused-ring (bicyclic) bond motifs is 1. The van der Waals surface area contributed by atoms with Gasteiger partial charge in [-0.15, -0.1) is 0 Å². The van der Waals surface area contributed by atoms with Gasteiger partial charge >= 0.3 is 0 Å². The largest absolute Gasteiger partial charge is 0.290 e. The van der Waals surface area contributed by atoms with E-state index in [2.05, 4.69) is 22.0 Å². The number of aryl methyl sites for hydroxylation is 1. The molecule has 2 amide bonds. The number of amides is 2. The summed E-state index contributed by atoms with van der Waals surface area (Å²) in [5.74, 6) is -0.593. The standard InChI is InChI=1S/C17H18N4O3/c1-21-17(24)13-9-5-4-8-12(13)15(20-21)16(23)19-18-14(22)10-11-6-2-3-7-11/h2,4-6,8-9,11H,3,7,10H2,1H3,(H,18,22)(H,19,23)/t11-/m0/s1. The quantitative estimate of drug-likeness (QED) is 0.651. The second-order valence-corrected chi connectivity index (χ2v) is 5.79. The number of aromatic nitrogens is 2. The lowest BCUT2D eigenvalue weighted by Gasteiger charge is -2.11. The molecule has 1 aromatic heterocycles. The maximum Gasteiger partial charge on any atom is 0.290 e. The van der Waals surface area contributed by atoms with Gasteiger partial charge in [0.15, 0.2) is 5.69 Å². The van der Waals surface area contributed by atoms with E-state index in [0.717, 1.165) is 17.5 Å². The molecular weight excluding hydrogens is 308 g/mol. The lowest BCUT2D eigenvalue weighted by Crippen LogP contribution is -2.43. The summed E-state index contributed by atoms with van der Waals surface area (Å²) in [5, 5.41) is 4.87. The van der Waals surface area contributed by atoms with E-state index in [9.17, 15) is 14.4 Å². The number of rotatable bonds is 3. The zero-order valence-corrected chi connectivity index (χ0v) is 13.3. The summed E-state index contributed by atoms with van der Waals surface area (Å²) in [4.78, 5) is 36.3. The molecule has 0 fully saturated rings. The summed E-state index contributed by atoms with van der Waals surface area (Å²) >= 11 is 0. The third-order valence-corrected chi connectivity index (χ3v) is 4.05. The number of hydrazine groups is 1. The molecule has 0 spiro atoms. The number of allylic oxidation sites excluding steroid dienone is 2. The highest BCUT2D eigenvalue weighted by Gasteiger charge is 2.18. The van der Waals surface area contributed by atoms with Gasteiger partial charge in [0.2, 0.25) is 5.91 Å². The summed E-state index contributed by atoms with van der Waals surface area (Å²) in [6, 6.07) is 6.75. The molecule has 0 aliphatic heterocycles. The van der Waals surface area contributed by atoms with Crippen molar-refractivity contribution in [2.45, 2.75) is 19.3 Å². The Bertz CT molecular complexity index is 885. The van der Waals surface area contributed by atoms with E-state index in [0.29, 0.717) is 17.2 Å². The van der Waals surface area contributed by atoms with Crippen LogP contribution in [0, 0.1) is 5.92 Å². The second-order valence-electron chi connectivity index (χ2n) is 5.79. The Morgan fingerprint density at radius 2 is 2.00 bits per heavy atom. The predicted octanol–water partition coefficient (Wildman–Crippen LogP) is 1.05. The third-order valence-electron chi connectivity index (χ3n) is 4.05. The molecule has 0 unspecified atom stereocenters. The molecule has 124 valence electrons. The van der Waals surface area contributed by atoms with Gasteiger partial charge in [-0.3, -0.25) is 25.2 Å². The van der Waals surface area contributed by atoms with Crippen molar-refractivity contribution in [3.63, 3.8) is 0 Å². The maximum absolute atomic E-state index is 12.3. The summed E-state index contributed by atoms with van der Waals surface area (Å²) in [5.41, 5.74) is 4.59. The first-order chi connectivity index (χ1) is 11.6. The lowest BCUT2D eigenvalue weighted by molar-refractivity contribution is -0.122. The van der Waals surface area contributed by atoms with Crippen LogP contribution in [0.3, 0.4) is 0 Å². The van der Waals surface area contributed by atoms with Gasteiger partial charge in [-0.1, -0.05) is 30.4 Å². The minimum absolute atomic E-state index is 0.0914. The first-order valence-electron chi connectivity index (χ1n) is 7.78. The Morgan fingerprint density at radius 1 is 1.25 bits per heavy atom. The SMILES string of the molecule is Cn1nc(C(=O)NNC(=O)C[C@H]2C=CCC2)c2ccccc2c1=O. The molecule has 0 bridgehead atoms. The zero-order valence-electron chi connectivity index (χ0n) is 13.3. The number of nitrogens with one attached hydrogen (secondary N) is 2. The van der Waals surface area contributed by atoms with E-state index >= 15 is 0 Å². The zero-order chi connectivity index (χ0) is 17.1. The van der Waals surface area contributed by atoms with Gasteiger partial charge in [-0.25, -0.2) is 4.68 Å². The van der Waals surface area contributed by atoms with Gasteiger partial charge < -0.3 is 0 Å². The number of carbonyl (C=O) groups is 2. The van der Waals surface area contributed by atoms with Crippen molar-refractivity contribution >= 4 is 22.6 Å². The topological polar surface area (TPSA) is 93.1 Å². The van der Waals surface area contributed by atoms with Crippen LogP contribution in [0.5, 0.6) is 0 Å². The smallest absolute Gasteiger partial charge is 0.273 e. The molecule has 0 saturated carbocycles. The van der Waals surface area contributed by atoms with Crippen LogP contribution in [0.25, 0.3) is 10.8 Å². The van der Waals surface area contributed by atoms with Crippen molar-refractivity contribution in [2.24, 2.45) is 13.0 Å². The van der Waals surface area contributed by atoms with E-state index in [1.807, 2.05) is 6.08 Å². The Labute approximate surface area is 138 Å². The van der Waals surface area contributed by atoms with Crippen LogP contribution in [-0.4, -0.2) is 21.6 Å². The summed E-state index contributed by atoms with van der Waals surface area (Å²) in [7, 11) is 1.48. The fourth-order valence-electron chi connectivity index (χ4n) is 2.81. The average molecular weight is 326 g/mol. The van der Waals surface area contributed by atoms with Gasteiger partial charge in [-0.2, -0.15) is 5.10 Å². The molecule has 24 heavy (non-hydrogen) atoms. The molecule has 1 aromatic carbocycles. The van der Waals surface area contributed by atoms with E-state index in [1.165, 1.54) is 7.05 Å². The Hall–Kier alpha value is -2.96. The molecule has 2 N–H and O–H groups in total. The van der Waals surface area contributed by atoms with Crippen molar-refractivity contribution in [1.29, 1.82) is 0 Å². The van der Waals surface area contributed by atoms with E-state index in [-0.39, 0.29) is 23.1 Å². The Kier molecular flexibility index (Phi) is 4.41. The van der Waals surface area contributed by atoms with E-state index in [1.54, 1.807) is 24.3 Å². The number of carbonyl (C=O) groups excluding carboxylic acids is 2. The monoisotopic (exact) mass is 326 g/mol. The van der Waals surface area contributed by atoms with Crippen LogP contribution < -0.4 is 16.4 Å². The fraction of sp³-hybridized carbons (Fsp3) is 0.294. The molecule has 1 heterocycles. The average Bonchev–Trinajstić information content (AvgIpc) is 3.09. The van der Waals surface area contributed by atoms with E-state index in [4.69, 9.17) is 0 Å². The molecule has 3 rings (SSSR count). The lowest BCUT2D eigenvalue weighted by atomic mass is 10.1. The number of nitrogens with zero attached hydrogens (tertiary/aromatic N) is 2.